The van der Waals surface area contributed by atoms with E-state index in [9.17, 15) is 32.7 Å². The van der Waals surface area contributed by atoms with Gasteiger partial charge < -0.3 is 14.8 Å². The zero-order valence-corrected chi connectivity index (χ0v) is 21.9. The molecule has 1 aromatic heterocycles. The highest BCUT2D eigenvalue weighted by Gasteiger charge is 2.69. The Labute approximate surface area is 228 Å². The van der Waals surface area contributed by atoms with Crippen LogP contribution in [0.25, 0.3) is 0 Å². The maximum absolute atomic E-state index is 13.8. The molecule has 4 aliphatic rings. The minimum absolute atomic E-state index is 0.0215. The van der Waals surface area contributed by atoms with E-state index in [0.717, 1.165) is 43.8 Å². The van der Waals surface area contributed by atoms with E-state index in [1.54, 1.807) is 12.1 Å². The number of halogens is 3. The number of phenols is 1. The second-order valence-corrected chi connectivity index (χ2v) is 12.7. The van der Waals surface area contributed by atoms with Crippen molar-refractivity contribution in [2.45, 2.75) is 28.8 Å². The summed E-state index contributed by atoms with van der Waals surface area (Å²) in [5.41, 5.74) is -0.154. The number of imide groups is 1. The van der Waals surface area contributed by atoms with Gasteiger partial charge in [-0.2, -0.15) is 13.2 Å². The fourth-order valence-electron chi connectivity index (χ4n) is 7.35. The van der Waals surface area contributed by atoms with Gasteiger partial charge in [-0.25, -0.2) is 0 Å². The second-order valence-electron chi connectivity index (χ2n) is 10.5. The maximum Gasteiger partial charge on any atom is 0.416 e. The first-order valence-corrected chi connectivity index (χ1v) is 14.1. The number of benzene rings is 2. The fourth-order valence-corrected chi connectivity index (χ4v) is 10.2. The number of thioether (sulfide) groups is 1. The average molecular weight is 575 g/mol. The molecule has 2 saturated carbocycles. The lowest BCUT2D eigenvalue weighted by molar-refractivity contribution is -0.137. The van der Waals surface area contributed by atoms with Gasteiger partial charge >= 0.3 is 11.0 Å². The lowest BCUT2D eigenvalue weighted by atomic mass is 9.68. The molecule has 7 rings (SSSR count). The van der Waals surface area contributed by atoms with Crippen LogP contribution >= 0.6 is 23.1 Å². The number of nitrogens with zero attached hydrogens (tertiary/aromatic N) is 1. The highest BCUT2D eigenvalue weighted by molar-refractivity contribution is 8.00. The molecule has 202 valence electrons. The third-order valence-electron chi connectivity index (χ3n) is 8.72. The van der Waals surface area contributed by atoms with Crippen LogP contribution in [-0.4, -0.2) is 34.3 Å². The Hall–Kier alpha value is -3.25. The zero-order chi connectivity index (χ0) is 27.4. The molecule has 2 N–H and O–H groups in total. The average Bonchev–Trinajstić information content (AvgIpc) is 3.63. The highest BCUT2D eigenvalue weighted by Crippen LogP contribution is 2.68. The van der Waals surface area contributed by atoms with Crippen LogP contribution in [0, 0.1) is 29.6 Å². The first kappa shape index (κ1) is 24.8. The number of phenolic OH excluding ortho intramolecular Hbond substituents is 1. The molecule has 2 aliphatic carbocycles. The molecule has 3 fully saturated rings. The molecule has 1 saturated heterocycles. The molecule has 2 aliphatic heterocycles. The standard InChI is InChI=1S/C27H21F3N2O5S2/c1-37-16-7-10(5-6-15(16)33)17-18-13-9-14(21(18)38-23-22(17)39-26(36)31-23)20-19(13)24(34)32(25(20)35)12-4-2-3-11(8-12)27(28,29)30/h2-8,13-14,17-21,33H,9H2,1H3,(H,31,36)/t13-,14+,17+,18+,19+,20+,21-/m1/s1. The number of H-pyrrole nitrogens is 1. The lowest BCUT2D eigenvalue weighted by Crippen LogP contribution is -2.42. The predicted molar refractivity (Wildman–Crippen MR) is 137 cm³/mol. The largest absolute Gasteiger partial charge is 0.504 e. The number of hydrogen-bond donors (Lipinski definition) is 2. The summed E-state index contributed by atoms with van der Waals surface area (Å²) in [6.45, 7) is 0. The SMILES string of the molecule is COc1cc([C@@H]2c3sc(=O)[nH]c3S[C@@H]3[C@H]4C[C@@H]([C@@H]5C(=O)N(c6cccc(C(F)(F)F)c6)C(=O)[C@@H]45)[C@@H]23)ccc1O. The fraction of sp³-hybridized carbons (Fsp3) is 0.370. The van der Waals surface area contributed by atoms with Crippen LogP contribution in [0.3, 0.4) is 0 Å². The van der Waals surface area contributed by atoms with Gasteiger partial charge in [-0.05, 0) is 60.1 Å². The van der Waals surface area contributed by atoms with Crippen molar-refractivity contribution in [3.63, 3.8) is 0 Å². The number of fused-ring (bicyclic) bond motifs is 9. The number of aromatic amines is 1. The maximum atomic E-state index is 13.8. The van der Waals surface area contributed by atoms with Crippen molar-refractivity contribution in [2.24, 2.45) is 29.6 Å². The van der Waals surface area contributed by atoms with E-state index in [1.165, 1.54) is 37.1 Å². The third-order valence-corrected chi connectivity index (χ3v) is 11.3. The van der Waals surface area contributed by atoms with Crippen LogP contribution < -0.4 is 14.5 Å². The van der Waals surface area contributed by atoms with Crippen molar-refractivity contribution in [3.8, 4) is 11.5 Å². The first-order chi connectivity index (χ1) is 18.6. The number of thiazole rings is 1. The van der Waals surface area contributed by atoms with Gasteiger partial charge in [-0.3, -0.25) is 19.3 Å². The summed E-state index contributed by atoms with van der Waals surface area (Å²) >= 11 is 2.63. The van der Waals surface area contributed by atoms with Crippen molar-refractivity contribution in [1.82, 2.24) is 4.98 Å². The van der Waals surface area contributed by atoms with Gasteiger partial charge in [-0.1, -0.05) is 23.5 Å². The van der Waals surface area contributed by atoms with E-state index in [0.29, 0.717) is 6.42 Å². The molecule has 12 heteroatoms. The van der Waals surface area contributed by atoms with Gasteiger partial charge in [0.1, 0.15) is 0 Å². The van der Waals surface area contributed by atoms with E-state index in [2.05, 4.69) is 4.98 Å². The summed E-state index contributed by atoms with van der Waals surface area (Å²) in [7, 11) is 1.45. The minimum Gasteiger partial charge on any atom is -0.504 e. The first-order valence-electron chi connectivity index (χ1n) is 12.4. The van der Waals surface area contributed by atoms with Gasteiger partial charge in [0.2, 0.25) is 11.8 Å². The number of rotatable bonds is 3. The zero-order valence-electron chi connectivity index (χ0n) is 20.3. The van der Waals surface area contributed by atoms with Gasteiger partial charge in [-0.15, -0.1) is 11.8 Å². The molecule has 7 nitrogen and oxygen atoms in total. The number of ether oxygens (including phenoxy) is 1. The number of nitrogens with one attached hydrogen (secondary N) is 1. The quantitative estimate of drug-likeness (QED) is 0.434. The molecule has 7 atom stereocenters. The van der Waals surface area contributed by atoms with Crippen molar-refractivity contribution >= 4 is 40.6 Å². The van der Waals surface area contributed by atoms with Gasteiger partial charge in [0.25, 0.3) is 0 Å². The lowest BCUT2D eigenvalue weighted by Gasteiger charge is -2.43. The monoisotopic (exact) mass is 574 g/mol. The van der Waals surface area contributed by atoms with E-state index in [4.69, 9.17) is 4.74 Å². The van der Waals surface area contributed by atoms with Crippen molar-refractivity contribution in [1.29, 1.82) is 0 Å². The summed E-state index contributed by atoms with van der Waals surface area (Å²) in [4.78, 5) is 44.3. The summed E-state index contributed by atoms with van der Waals surface area (Å²) < 4.78 is 45.5. The number of carbonyl (C=O) groups excluding carboxylic acids is 2. The van der Waals surface area contributed by atoms with Gasteiger partial charge in [0.15, 0.2) is 11.5 Å². The normalized spacial score (nSPS) is 30.9. The van der Waals surface area contributed by atoms with Gasteiger partial charge in [0, 0.05) is 16.0 Å². The number of methoxy groups -OCH3 is 1. The van der Waals surface area contributed by atoms with E-state index < -0.39 is 35.4 Å². The summed E-state index contributed by atoms with van der Waals surface area (Å²) in [6.07, 6.45) is -3.95. The molecule has 39 heavy (non-hydrogen) atoms. The molecule has 2 bridgehead atoms. The van der Waals surface area contributed by atoms with E-state index in [1.807, 2.05) is 0 Å². The second kappa shape index (κ2) is 8.37. The highest BCUT2D eigenvalue weighted by atomic mass is 32.2. The Bertz CT molecular complexity index is 1600. The smallest absolute Gasteiger partial charge is 0.416 e. The number of hydrogen-bond acceptors (Lipinski definition) is 7. The number of aromatic hydroxyl groups is 1. The molecule has 0 radical (unpaired) electrons. The number of alkyl halides is 3. The Balaban J connectivity index is 1.31. The Morgan fingerprint density at radius 1 is 1.05 bits per heavy atom. The van der Waals surface area contributed by atoms with E-state index in [-0.39, 0.29) is 51.0 Å². The molecule has 3 heterocycles. The molecule has 0 spiro atoms. The van der Waals surface area contributed by atoms with E-state index >= 15 is 0 Å². The minimum atomic E-state index is -4.60. The van der Waals surface area contributed by atoms with Crippen LogP contribution in [0.15, 0.2) is 52.3 Å². The summed E-state index contributed by atoms with van der Waals surface area (Å²) in [5, 5.41) is 10.8. The molecular weight excluding hydrogens is 553 g/mol. The Morgan fingerprint density at radius 2 is 1.79 bits per heavy atom. The van der Waals surface area contributed by atoms with Crippen LogP contribution in [-0.2, 0) is 15.8 Å². The van der Waals surface area contributed by atoms with Crippen LogP contribution in [0.5, 0.6) is 11.5 Å². The molecule has 2 amide bonds. The molecule has 2 aromatic carbocycles. The van der Waals surface area contributed by atoms with Crippen LogP contribution in [0.2, 0.25) is 0 Å². The van der Waals surface area contributed by atoms with Crippen LogP contribution in [0.1, 0.15) is 28.3 Å². The topological polar surface area (TPSA) is 99.7 Å². The number of anilines is 1. The third kappa shape index (κ3) is 3.46. The number of aromatic nitrogens is 1. The molecule has 3 aromatic rings. The Kier molecular flexibility index (Phi) is 5.32. The van der Waals surface area contributed by atoms with Crippen molar-refractivity contribution in [3.05, 3.63) is 68.1 Å². The number of amides is 2. The van der Waals surface area contributed by atoms with Crippen molar-refractivity contribution in [2.75, 3.05) is 12.0 Å². The number of carbonyl (C=O) groups is 2. The molecular formula is C27H21F3N2O5S2. The van der Waals surface area contributed by atoms with Crippen molar-refractivity contribution < 1.29 is 32.6 Å². The predicted octanol–water partition coefficient (Wildman–Crippen LogP) is 4.85. The Morgan fingerprint density at radius 3 is 2.51 bits per heavy atom. The van der Waals surface area contributed by atoms with Gasteiger partial charge in [0.05, 0.1) is 35.2 Å². The summed E-state index contributed by atoms with van der Waals surface area (Å²) in [5.74, 6) is -2.63. The molecule has 0 unspecified atom stereocenters. The summed E-state index contributed by atoms with van der Waals surface area (Å²) in [6, 6.07) is 9.40. The van der Waals surface area contributed by atoms with Crippen LogP contribution in [0.4, 0.5) is 18.9 Å².